The summed E-state index contributed by atoms with van der Waals surface area (Å²) in [7, 11) is 0. The van der Waals surface area contributed by atoms with Crippen molar-refractivity contribution in [3.8, 4) is 17.0 Å². The van der Waals surface area contributed by atoms with E-state index in [4.69, 9.17) is 4.74 Å². The fourth-order valence-corrected chi connectivity index (χ4v) is 3.02. The molecule has 5 heteroatoms. The summed E-state index contributed by atoms with van der Waals surface area (Å²) >= 11 is 1.33. The second-order valence-corrected chi connectivity index (χ2v) is 6.37. The first-order valence-corrected chi connectivity index (χ1v) is 8.59. The Labute approximate surface area is 145 Å². The average Bonchev–Trinajstić information content (AvgIpc) is 3.07. The summed E-state index contributed by atoms with van der Waals surface area (Å²) in [6.07, 6.45) is 0.0336. The van der Waals surface area contributed by atoms with Crippen LogP contribution in [-0.4, -0.2) is 17.0 Å². The highest BCUT2D eigenvalue weighted by Gasteiger charge is 2.17. The summed E-state index contributed by atoms with van der Waals surface area (Å²) in [6.45, 7) is 3.91. The number of amides is 1. The number of carbonyl (C=O) groups is 1. The first kappa shape index (κ1) is 16.2. The molecule has 0 aliphatic carbocycles. The molecule has 1 heterocycles. The van der Waals surface area contributed by atoms with Crippen LogP contribution < -0.4 is 10.1 Å². The molecule has 0 saturated carbocycles. The highest BCUT2D eigenvalue weighted by Crippen LogP contribution is 2.29. The third-order valence-corrected chi connectivity index (χ3v) is 4.14. The summed E-state index contributed by atoms with van der Waals surface area (Å²) in [5.74, 6) is 0.475. The number of hydrogen-bond acceptors (Lipinski definition) is 4. The number of benzene rings is 2. The number of thiazole rings is 1. The van der Waals surface area contributed by atoms with Crippen molar-refractivity contribution in [2.24, 2.45) is 0 Å². The SMILES string of the molecule is CC(C)Oc1ccccc1NC(=O)c1scnc1-c1ccccc1. The van der Waals surface area contributed by atoms with Crippen LogP contribution in [0, 0.1) is 0 Å². The summed E-state index contributed by atoms with van der Waals surface area (Å²) in [6, 6.07) is 17.1. The molecule has 0 unspecified atom stereocenters. The summed E-state index contributed by atoms with van der Waals surface area (Å²) in [4.78, 5) is 17.6. The van der Waals surface area contributed by atoms with Gasteiger partial charge >= 0.3 is 0 Å². The minimum atomic E-state index is -0.184. The van der Waals surface area contributed by atoms with Crippen molar-refractivity contribution in [1.29, 1.82) is 0 Å². The van der Waals surface area contributed by atoms with Crippen LogP contribution in [0.15, 0.2) is 60.1 Å². The number of para-hydroxylation sites is 2. The highest BCUT2D eigenvalue weighted by atomic mass is 32.1. The van der Waals surface area contributed by atoms with Gasteiger partial charge in [0, 0.05) is 5.56 Å². The van der Waals surface area contributed by atoms with Gasteiger partial charge in [0.05, 0.1) is 23.0 Å². The first-order valence-electron chi connectivity index (χ1n) is 7.71. The van der Waals surface area contributed by atoms with Crippen LogP contribution in [0.5, 0.6) is 5.75 Å². The van der Waals surface area contributed by atoms with Crippen LogP contribution in [0.3, 0.4) is 0 Å². The Balaban J connectivity index is 1.86. The predicted molar refractivity (Wildman–Crippen MR) is 97.7 cm³/mol. The van der Waals surface area contributed by atoms with Crippen molar-refractivity contribution in [2.75, 3.05) is 5.32 Å². The van der Waals surface area contributed by atoms with Gasteiger partial charge in [-0.15, -0.1) is 11.3 Å². The van der Waals surface area contributed by atoms with E-state index in [9.17, 15) is 4.79 Å². The van der Waals surface area contributed by atoms with Gasteiger partial charge in [0.25, 0.3) is 5.91 Å². The minimum absolute atomic E-state index is 0.0336. The second kappa shape index (κ2) is 7.27. The zero-order valence-electron chi connectivity index (χ0n) is 13.5. The molecule has 24 heavy (non-hydrogen) atoms. The van der Waals surface area contributed by atoms with Crippen LogP contribution in [0.25, 0.3) is 11.3 Å². The molecule has 0 atom stereocenters. The van der Waals surface area contributed by atoms with E-state index >= 15 is 0 Å². The van der Waals surface area contributed by atoms with Gasteiger partial charge in [0.15, 0.2) is 0 Å². The lowest BCUT2D eigenvalue weighted by Gasteiger charge is -2.14. The number of hydrogen-bond donors (Lipinski definition) is 1. The highest BCUT2D eigenvalue weighted by molar-refractivity contribution is 7.12. The van der Waals surface area contributed by atoms with E-state index in [0.717, 1.165) is 5.56 Å². The molecule has 0 radical (unpaired) electrons. The van der Waals surface area contributed by atoms with Gasteiger partial charge in [-0.05, 0) is 26.0 Å². The molecule has 0 spiro atoms. The molecule has 1 aromatic heterocycles. The van der Waals surface area contributed by atoms with Gasteiger partial charge in [0.2, 0.25) is 0 Å². The van der Waals surface area contributed by atoms with E-state index in [-0.39, 0.29) is 12.0 Å². The van der Waals surface area contributed by atoms with Gasteiger partial charge in [-0.3, -0.25) is 4.79 Å². The average molecular weight is 338 g/mol. The molecule has 0 bridgehead atoms. The van der Waals surface area contributed by atoms with Crippen LogP contribution in [0.1, 0.15) is 23.5 Å². The molecule has 3 aromatic rings. The minimum Gasteiger partial charge on any atom is -0.489 e. The van der Waals surface area contributed by atoms with Crippen LogP contribution in [0.4, 0.5) is 5.69 Å². The Morgan fingerprint density at radius 1 is 1.08 bits per heavy atom. The van der Waals surface area contributed by atoms with Gasteiger partial charge in [0.1, 0.15) is 10.6 Å². The Morgan fingerprint density at radius 3 is 2.54 bits per heavy atom. The normalized spacial score (nSPS) is 10.6. The summed E-state index contributed by atoms with van der Waals surface area (Å²) in [5.41, 5.74) is 3.97. The van der Waals surface area contributed by atoms with E-state index in [2.05, 4.69) is 10.3 Å². The Hall–Kier alpha value is -2.66. The quantitative estimate of drug-likeness (QED) is 0.723. The van der Waals surface area contributed by atoms with Crippen LogP contribution in [0.2, 0.25) is 0 Å². The molecule has 1 N–H and O–H groups in total. The molecule has 1 amide bonds. The fraction of sp³-hybridized carbons (Fsp3) is 0.158. The summed E-state index contributed by atoms with van der Waals surface area (Å²) < 4.78 is 5.75. The molecule has 4 nitrogen and oxygen atoms in total. The topological polar surface area (TPSA) is 51.2 Å². The van der Waals surface area contributed by atoms with Crippen molar-refractivity contribution in [3.05, 3.63) is 65.0 Å². The number of rotatable bonds is 5. The lowest BCUT2D eigenvalue weighted by Crippen LogP contribution is -2.14. The number of carbonyl (C=O) groups excluding carboxylic acids is 1. The molecule has 0 saturated heterocycles. The molecular weight excluding hydrogens is 320 g/mol. The molecular formula is C19H18N2O2S. The molecule has 0 aliphatic rings. The van der Waals surface area contributed by atoms with E-state index < -0.39 is 0 Å². The zero-order valence-corrected chi connectivity index (χ0v) is 14.3. The lowest BCUT2D eigenvalue weighted by molar-refractivity contribution is 0.103. The van der Waals surface area contributed by atoms with E-state index in [1.165, 1.54) is 11.3 Å². The van der Waals surface area contributed by atoms with Gasteiger partial charge in [-0.2, -0.15) is 0 Å². The smallest absolute Gasteiger partial charge is 0.268 e. The van der Waals surface area contributed by atoms with Crippen LogP contribution in [-0.2, 0) is 0 Å². The number of anilines is 1. The fourth-order valence-electron chi connectivity index (χ4n) is 2.31. The van der Waals surface area contributed by atoms with E-state index in [1.807, 2.05) is 68.4 Å². The predicted octanol–water partition coefficient (Wildman–Crippen LogP) is 4.85. The molecule has 122 valence electrons. The summed E-state index contributed by atoms with van der Waals surface area (Å²) in [5, 5.41) is 2.93. The largest absolute Gasteiger partial charge is 0.489 e. The maximum atomic E-state index is 12.7. The van der Waals surface area contributed by atoms with Gasteiger partial charge < -0.3 is 10.1 Å². The Kier molecular flexibility index (Phi) is 4.91. The molecule has 0 fully saturated rings. The van der Waals surface area contributed by atoms with Crippen molar-refractivity contribution < 1.29 is 9.53 Å². The zero-order chi connectivity index (χ0) is 16.9. The monoisotopic (exact) mass is 338 g/mol. The number of aromatic nitrogens is 1. The van der Waals surface area contributed by atoms with Crippen molar-refractivity contribution >= 4 is 22.9 Å². The maximum Gasteiger partial charge on any atom is 0.268 e. The van der Waals surface area contributed by atoms with Crippen molar-refractivity contribution in [3.63, 3.8) is 0 Å². The Bertz CT molecular complexity index is 828. The van der Waals surface area contributed by atoms with Gasteiger partial charge in [-0.25, -0.2) is 4.98 Å². The van der Waals surface area contributed by atoms with Crippen molar-refractivity contribution in [2.45, 2.75) is 20.0 Å². The van der Waals surface area contributed by atoms with E-state index in [1.54, 1.807) is 5.51 Å². The molecule has 3 rings (SSSR count). The van der Waals surface area contributed by atoms with Crippen molar-refractivity contribution in [1.82, 2.24) is 4.98 Å². The second-order valence-electron chi connectivity index (χ2n) is 5.51. The van der Waals surface area contributed by atoms with E-state index in [0.29, 0.717) is 22.0 Å². The number of nitrogens with zero attached hydrogens (tertiary/aromatic N) is 1. The van der Waals surface area contributed by atoms with Crippen LogP contribution >= 0.6 is 11.3 Å². The third kappa shape index (κ3) is 3.63. The number of ether oxygens (including phenoxy) is 1. The standard InChI is InChI=1S/C19H18N2O2S/c1-13(2)23-16-11-7-6-10-15(16)21-19(22)18-17(20-12-24-18)14-8-4-3-5-9-14/h3-13H,1-2H3,(H,21,22). The lowest BCUT2D eigenvalue weighted by atomic mass is 10.1. The number of nitrogens with one attached hydrogen (secondary N) is 1. The first-order chi connectivity index (χ1) is 11.6. The molecule has 2 aromatic carbocycles. The molecule has 0 aliphatic heterocycles. The Morgan fingerprint density at radius 2 is 1.79 bits per heavy atom. The van der Waals surface area contributed by atoms with Gasteiger partial charge in [-0.1, -0.05) is 42.5 Å². The third-order valence-electron chi connectivity index (χ3n) is 3.32. The maximum absolute atomic E-state index is 12.7.